The first-order valence-corrected chi connectivity index (χ1v) is 5.84. The zero-order valence-electron chi connectivity index (χ0n) is 11.1. The number of rotatable bonds is 3. The highest BCUT2D eigenvalue weighted by Gasteiger charge is 2.18. The third-order valence-corrected chi connectivity index (χ3v) is 2.01. The monoisotopic (exact) mass is 250 g/mol. The van der Waals surface area contributed by atoms with E-state index in [2.05, 4.69) is 0 Å². The lowest BCUT2D eigenvalue weighted by Crippen LogP contribution is -2.24. The molecular weight excluding hydrogens is 232 g/mol. The number of carbonyl (C=O) groups is 2. The van der Waals surface area contributed by atoms with Crippen LogP contribution < -0.4 is 0 Å². The predicted octanol–water partition coefficient (Wildman–Crippen LogP) is 2.82. The van der Waals surface area contributed by atoms with Crippen LogP contribution in [0.2, 0.25) is 0 Å². The van der Waals surface area contributed by atoms with Crippen LogP contribution in [0, 0.1) is 0 Å². The maximum absolute atomic E-state index is 11.8. The number of carbonyl (C=O) groups excluding carboxylic acids is 2. The quantitative estimate of drug-likeness (QED) is 0.774. The van der Waals surface area contributed by atoms with Crippen LogP contribution >= 0.6 is 0 Å². The number of esters is 2. The second-order valence-corrected chi connectivity index (χ2v) is 4.80. The van der Waals surface area contributed by atoms with Crippen LogP contribution in [0.1, 0.15) is 48.4 Å². The van der Waals surface area contributed by atoms with Gasteiger partial charge in [-0.15, -0.1) is 0 Å². The molecule has 0 aromatic heterocycles. The maximum Gasteiger partial charge on any atom is 0.338 e. The first-order chi connectivity index (χ1) is 8.33. The third kappa shape index (κ3) is 4.20. The lowest BCUT2D eigenvalue weighted by Gasteiger charge is -2.19. The van der Waals surface area contributed by atoms with Gasteiger partial charge < -0.3 is 9.47 Å². The van der Waals surface area contributed by atoms with Gasteiger partial charge in [0, 0.05) is 0 Å². The predicted molar refractivity (Wildman–Crippen MR) is 67.6 cm³/mol. The molecular formula is C14H18O4. The van der Waals surface area contributed by atoms with Crippen molar-refractivity contribution < 1.29 is 19.1 Å². The van der Waals surface area contributed by atoms with Gasteiger partial charge in [0.25, 0.3) is 0 Å². The first-order valence-electron chi connectivity index (χ1n) is 5.84. The average molecular weight is 250 g/mol. The molecule has 0 atom stereocenters. The zero-order chi connectivity index (χ0) is 13.8. The summed E-state index contributed by atoms with van der Waals surface area (Å²) in [4.78, 5) is 23.3. The van der Waals surface area contributed by atoms with Gasteiger partial charge in [-0.2, -0.15) is 0 Å². The summed E-state index contributed by atoms with van der Waals surface area (Å²) in [6, 6.07) is 6.32. The highest BCUT2D eigenvalue weighted by molar-refractivity contribution is 5.95. The Morgan fingerprint density at radius 1 is 1.11 bits per heavy atom. The molecule has 0 bridgehead atoms. The zero-order valence-corrected chi connectivity index (χ0v) is 11.1. The molecule has 0 aliphatic rings. The molecule has 98 valence electrons. The fourth-order valence-electron chi connectivity index (χ4n) is 1.32. The van der Waals surface area contributed by atoms with Gasteiger partial charge in [0.1, 0.15) is 5.60 Å². The summed E-state index contributed by atoms with van der Waals surface area (Å²) >= 11 is 0. The van der Waals surface area contributed by atoms with Crippen LogP contribution in [0.4, 0.5) is 0 Å². The lowest BCUT2D eigenvalue weighted by molar-refractivity contribution is 0.00695. The van der Waals surface area contributed by atoms with E-state index in [-0.39, 0.29) is 0 Å². The molecule has 0 aliphatic heterocycles. The molecule has 0 saturated heterocycles. The van der Waals surface area contributed by atoms with Crippen molar-refractivity contribution in [2.24, 2.45) is 0 Å². The van der Waals surface area contributed by atoms with Crippen LogP contribution in [-0.2, 0) is 9.47 Å². The summed E-state index contributed by atoms with van der Waals surface area (Å²) in [7, 11) is 0. The van der Waals surface area contributed by atoms with E-state index in [1.807, 2.05) is 0 Å². The van der Waals surface area contributed by atoms with E-state index < -0.39 is 17.5 Å². The number of hydrogen-bond donors (Lipinski definition) is 0. The molecule has 0 heterocycles. The molecule has 1 aromatic carbocycles. The van der Waals surface area contributed by atoms with Crippen molar-refractivity contribution in [2.45, 2.75) is 33.3 Å². The highest BCUT2D eigenvalue weighted by atomic mass is 16.6. The molecule has 1 rings (SSSR count). The molecule has 0 unspecified atom stereocenters. The highest BCUT2D eigenvalue weighted by Crippen LogP contribution is 2.13. The Labute approximate surface area is 107 Å². The van der Waals surface area contributed by atoms with E-state index in [4.69, 9.17) is 9.47 Å². The molecule has 0 fully saturated rings. The fourth-order valence-corrected chi connectivity index (χ4v) is 1.32. The van der Waals surface area contributed by atoms with E-state index in [0.29, 0.717) is 17.7 Å². The molecule has 0 radical (unpaired) electrons. The summed E-state index contributed by atoms with van der Waals surface area (Å²) in [5.74, 6) is -0.892. The van der Waals surface area contributed by atoms with E-state index in [1.165, 1.54) is 6.07 Å². The fraction of sp³-hybridized carbons (Fsp3) is 0.429. The molecule has 0 N–H and O–H groups in total. The van der Waals surface area contributed by atoms with Crippen molar-refractivity contribution in [3.63, 3.8) is 0 Å². The molecule has 18 heavy (non-hydrogen) atoms. The van der Waals surface area contributed by atoms with Gasteiger partial charge in [-0.3, -0.25) is 0 Å². The van der Waals surface area contributed by atoms with Crippen LogP contribution in [0.25, 0.3) is 0 Å². The molecule has 0 spiro atoms. The normalized spacial score (nSPS) is 10.9. The maximum atomic E-state index is 11.8. The van der Waals surface area contributed by atoms with Crippen molar-refractivity contribution in [3.8, 4) is 0 Å². The Kier molecular flexibility index (Phi) is 4.48. The molecule has 0 saturated carbocycles. The smallest absolute Gasteiger partial charge is 0.338 e. The van der Waals surface area contributed by atoms with Crippen molar-refractivity contribution in [1.29, 1.82) is 0 Å². The molecule has 1 aromatic rings. The lowest BCUT2D eigenvalue weighted by atomic mass is 10.1. The second-order valence-electron chi connectivity index (χ2n) is 4.80. The summed E-state index contributed by atoms with van der Waals surface area (Å²) in [6.07, 6.45) is 0. The third-order valence-electron chi connectivity index (χ3n) is 2.01. The number of benzene rings is 1. The standard InChI is InChI=1S/C14H18O4/c1-5-17-12(15)10-7-6-8-11(9-10)13(16)18-14(2,3)4/h6-9H,5H2,1-4H3. The molecule has 4 heteroatoms. The molecule has 0 aliphatic carbocycles. The van der Waals surface area contributed by atoms with E-state index in [0.717, 1.165) is 0 Å². The Balaban J connectivity index is 2.88. The van der Waals surface area contributed by atoms with Gasteiger partial charge in [-0.25, -0.2) is 9.59 Å². The van der Waals surface area contributed by atoms with Crippen molar-refractivity contribution in [2.75, 3.05) is 6.61 Å². The van der Waals surface area contributed by atoms with Crippen LogP contribution in [0.5, 0.6) is 0 Å². The van der Waals surface area contributed by atoms with Crippen molar-refractivity contribution in [1.82, 2.24) is 0 Å². The first kappa shape index (κ1) is 14.2. The van der Waals surface area contributed by atoms with Gasteiger partial charge in [-0.05, 0) is 45.9 Å². The summed E-state index contributed by atoms with van der Waals surface area (Å²) < 4.78 is 10.1. The van der Waals surface area contributed by atoms with Crippen molar-refractivity contribution >= 4 is 11.9 Å². The minimum atomic E-state index is -0.559. The van der Waals surface area contributed by atoms with E-state index in [1.54, 1.807) is 45.9 Å². The van der Waals surface area contributed by atoms with Gasteiger partial charge >= 0.3 is 11.9 Å². The number of ether oxygens (including phenoxy) is 2. The minimum absolute atomic E-state index is 0.301. The second kappa shape index (κ2) is 5.67. The molecule has 0 amide bonds. The minimum Gasteiger partial charge on any atom is -0.462 e. The average Bonchev–Trinajstić information content (AvgIpc) is 2.27. The Morgan fingerprint density at radius 2 is 1.67 bits per heavy atom. The summed E-state index contributed by atoms with van der Waals surface area (Å²) in [6.45, 7) is 7.41. The Bertz CT molecular complexity index is 443. The van der Waals surface area contributed by atoms with Gasteiger partial charge in [0.15, 0.2) is 0 Å². The topological polar surface area (TPSA) is 52.6 Å². The SMILES string of the molecule is CCOC(=O)c1cccc(C(=O)OC(C)(C)C)c1. The molecule has 4 nitrogen and oxygen atoms in total. The Morgan fingerprint density at radius 3 is 2.17 bits per heavy atom. The summed E-state index contributed by atoms with van der Waals surface area (Å²) in [5.41, 5.74) is 0.132. The van der Waals surface area contributed by atoms with Crippen LogP contribution in [0.15, 0.2) is 24.3 Å². The van der Waals surface area contributed by atoms with E-state index in [9.17, 15) is 9.59 Å². The van der Waals surface area contributed by atoms with Gasteiger partial charge in [0.2, 0.25) is 0 Å². The van der Waals surface area contributed by atoms with Crippen molar-refractivity contribution in [3.05, 3.63) is 35.4 Å². The Hall–Kier alpha value is -1.84. The van der Waals surface area contributed by atoms with Crippen LogP contribution in [0.3, 0.4) is 0 Å². The number of hydrogen-bond acceptors (Lipinski definition) is 4. The summed E-state index contributed by atoms with van der Waals surface area (Å²) in [5, 5.41) is 0. The van der Waals surface area contributed by atoms with Gasteiger partial charge in [0.05, 0.1) is 17.7 Å². The van der Waals surface area contributed by atoms with E-state index >= 15 is 0 Å². The van der Waals surface area contributed by atoms with Gasteiger partial charge in [-0.1, -0.05) is 6.07 Å². The van der Waals surface area contributed by atoms with Crippen LogP contribution in [-0.4, -0.2) is 24.1 Å². The largest absolute Gasteiger partial charge is 0.462 e.